The maximum Gasteiger partial charge on any atom is 0.266 e. The van der Waals surface area contributed by atoms with Gasteiger partial charge in [0.15, 0.2) is 0 Å². The molecule has 0 amide bonds. The Morgan fingerprint density at radius 2 is 1.87 bits per heavy atom. The molecular formula is C17H23N5O. The molecule has 1 fully saturated rings. The second-order valence-electron chi connectivity index (χ2n) is 7.21. The largest absolute Gasteiger partial charge is 0.295 e. The second kappa shape index (κ2) is 6.20. The second-order valence-corrected chi connectivity index (χ2v) is 7.21. The van der Waals surface area contributed by atoms with Gasteiger partial charge in [-0.3, -0.25) is 9.69 Å². The standard InChI is InChI=1S/C17H23N5O/c1-17(2,3)14-5-6-16(23)22(20-14)11-13-9-21(10-13)12-15-18-7-4-8-19-15/h4-8,13H,9-12H2,1-3H3. The van der Waals surface area contributed by atoms with E-state index in [1.54, 1.807) is 23.1 Å². The average Bonchev–Trinajstić information content (AvgIpc) is 2.47. The zero-order valence-corrected chi connectivity index (χ0v) is 13.9. The lowest BCUT2D eigenvalue weighted by Gasteiger charge is -2.38. The van der Waals surface area contributed by atoms with Crippen molar-refractivity contribution in [1.29, 1.82) is 0 Å². The molecule has 0 bridgehead atoms. The van der Waals surface area contributed by atoms with Gasteiger partial charge in [-0.1, -0.05) is 20.8 Å². The highest BCUT2D eigenvalue weighted by atomic mass is 16.1. The molecule has 0 unspecified atom stereocenters. The molecule has 0 radical (unpaired) electrons. The molecule has 1 saturated heterocycles. The number of nitrogens with zero attached hydrogens (tertiary/aromatic N) is 5. The molecule has 2 aromatic heterocycles. The summed E-state index contributed by atoms with van der Waals surface area (Å²) in [6.07, 6.45) is 3.53. The molecule has 6 heteroatoms. The Labute approximate surface area is 136 Å². The molecule has 0 saturated carbocycles. The van der Waals surface area contributed by atoms with Crippen LogP contribution >= 0.6 is 0 Å². The van der Waals surface area contributed by atoms with Crippen LogP contribution in [0.5, 0.6) is 0 Å². The first-order valence-electron chi connectivity index (χ1n) is 7.99. The average molecular weight is 313 g/mol. The van der Waals surface area contributed by atoms with Gasteiger partial charge in [0.2, 0.25) is 0 Å². The third-order valence-corrected chi connectivity index (χ3v) is 4.08. The molecule has 1 aliphatic rings. The van der Waals surface area contributed by atoms with Crippen molar-refractivity contribution in [3.63, 3.8) is 0 Å². The Balaban J connectivity index is 1.59. The lowest BCUT2D eigenvalue weighted by Crippen LogP contribution is -2.49. The molecule has 0 N–H and O–H groups in total. The van der Waals surface area contributed by atoms with Gasteiger partial charge in [-0.25, -0.2) is 14.6 Å². The Morgan fingerprint density at radius 3 is 2.52 bits per heavy atom. The predicted molar refractivity (Wildman–Crippen MR) is 88.0 cm³/mol. The molecule has 0 aromatic carbocycles. The zero-order chi connectivity index (χ0) is 16.4. The van der Waals surface area contributed by atoms with Gasteiger partial charge < -0.3 is 0 Å². The van der Waals surface area contributed by atoms with E-state index < -0.39 is 0 Å². The molecule has 1 aliphatic heterocycles. The summed E-state index contributed by atoms with van der Waals surface area (Å²) in [6, 6.07) is 5.28. The Kier molecular flexibility index (Phi) is 4.26. The molecule has 0 atom stereocenters. The van der Waals surface area contributed by atoms with E-state index in [-0.39, 0.29) is 11.0 Å². The summed E-state index contributed by atoms with van der Waals surface area (Å²) in [5.74, 6) is 1.30. The molecule has 3 heterocycles. The number of hydrogen-bond donors (Lipinski definition) is 0. The van der Waals surface area contributed by atoms with Crippen LogP contribution in [0.2, 0.25) is 0 Å². The van der Waals surface area contributed by atoms with Crippen LogP contribution in [0.15, 0.2) is 35.4 Å². The van der Waals surface area contributed by atoms with Crippen LogP contribution in [-0.4, -0.2) is 37.7 Å². The smallest absolute Gasteiger partial charge is 0.266 e. The summed E-state index contributed by atoms with van der Waals surface area (Å²) in [4.78, 5) is 22.8. The minimum atomic E-state index is -0.0499. The molecule has 0 aliphatic carbocycles. The minimum absolute atomic E-state index is 0.0251. The van der Waals surface area contributed by atoms with Gasteiger partial charge in [-0.05, 0) is 12.1 Å². The number of likely N-dealkylation sites (tertiary alicyclic amines) is 1. The SMILES string of the molecule is CC(C)(C)c1ccc(=O)n(CC2CN(Cc3ncccn3)C2)n1. The van der Waals surface area contributed by atoms with Crippen molar-refractivity contribution >= 4 is 0 Å². The lowest BCUT2D eigenvalue weighted by atomic mass is 9.92. The summed E-state index contributed by atoms with van der Waals surface area (Å²) in [5.41, 5.74) is 0.875. The van der Waals surface area contributed by atoms with Crippen molar-refractivity contribution in [1.82, 2.24) is 24.6 Å². The maximum absolute atomic E-state index is 12.0. The number of aromatic nitrogens is 4. The molecule has 23 heavy (non-hydrogen) atoms. The van der Waals surface area contributed by atoms with Crippen LogP contribution in [-0.2, 0) is 18.5 Å². The molecule has 3 rings (SSSR count). The summed E-state index contributed by atoms with van der Waals surface area (Å²) in [5, 5.41) is 4.54. The fourth-order valence-corrected chi connectivity index (χ4v) is 2.76. The fourth-order valence-electron chi connectivity index (χ4n) is 2.76. The summed E-state index contributed by atoms with van der Waals surface area (Å²) in [6.45, 7) is 9.66. The third-order valence-electron chi connectivity index (χ3n) is 4.08. The van der Waals surface area contributed by atoms with Crippen molar-refractivity contribution in [3.05, 3.63) is 52.5 Å². The van der Waals surface area contributed by atoms with Crippen molar-refractivity contribution < 1.29 is 0 Å². The first-order valence-corrected chi connectivity index (χ1v) is 7.99. The summed E-state index contributed by atoms with van der Waals surface area (Å²) < 4.78 is 1.61. The molecule has 2 aromatic rings. The highest BCUT2D eigenvalue weighted by Gasteiger charge is 2.28. The number of rotatable bonds is 4. The summed E-state index contributed by atoms with van der Waals surface area (Å²) >= 11 is 0. The van der Waals surface area contributed by atoms with Crippen LogP contribution in [0.25, 0.3) is 0 Å². The van der Waals surface area contributed by atoms with Gasteiger partial charge in [-0.2, -0.15) is 5.10 Å². The van der Waals surface area contributed by atoms with E-state index in [2.05, 4.69) is 40.7 Å². The third kappa shape index (κ3) is 3.82. The maximum atomic E-state index is 12.0. The van der Waals surface area contributed by atoms with Gasteiger partial charge in [0, 0.05) is 42.9 Å². The van der Waals surface area contributed by atoms with E-state index in [1.165, 1.54) is 0 Å². The fraction of sp³-hybridized carbons (Fsp3) is 0.529. The van der Waals surface area contributed by atoms with E-state index in [1.807, 2.05) is 12.1 Å². The van der Waals surface area contributed by atoms with E-state index in [0.717, 1.165) is 31.2 Å². The monoisotopic (exact) mass is 313 g/mol. The van der Waals surface area contributed by atoms with Crippen molar-refractivity contribution in [2.24, 2.45) is 5.92 Å². The van der Waals surface area contributed by atoms with E-state index in [9.17, 15) is 4.79 Å². The minimum Gasteiger partial charge on any atom is -0.295 e. The highest BCUT2D eigenvalue weighted by molar-refractivity contribution is 5.10. The van der Waals surface area contributed by atoms with Crippen LogP contribution < -0.4 is 5.56 Å². The van der Waals surface area contributed by atoms with Gasteiger partial charge in [-0.15, -0.1) is 0 Å². The first kappa shape index (κ1) is 15.8. The molecule has 6 nitrogen and oxygen atoms in total. The van der Waals surface area contributed by atoms with Gasteiger partial charge in [0.1, 0.15) is 5.82 Å². The first-order chi connectivity index (χ1) is 10.9. The molecular weight excluding hydrogens is 290 g/mol. The van der Waals surface area contributed by atoms with Crippen LogP contribution in [0.1, 0.15) is 32.3 Å². The Hall–Kier alpha value is -2.08. The van der Waals surface area contributed by atoms with Crippen molar-refractivity contribution in [2.45, 2.75) is 39.3 Å². The van der Waals surface area contributed by atoms with E-state index in [4.69, 9.17) is 0 Å². The van der Waals surface area contributed by atoms with E-state index >= 15 is 0 Å². The van der Waals surface area contributed by atoms with Crippen LogP contribution in [0.4, 0.5) is 0 Å². The Morgan fingerprint density at radius 1 is 1.17 bits per heavy atom. The van der Waals surface area contributed by atoms with Gasteiger partial charge in [0.25, 0.3) is 5.56 Å². The van der Waals surface area contributed by atoms with Crippen LogP contribution in [0, 0.1) is 5.92 Å². The quantitative estimate of drug-likeness (QED) is 0.855. The zero-order valence-electron chi connectivity index (χ0n) is 13.9. The molecule has 122 valence electrons. The van der Waals surface area contributed by atoms with Crippen molar-refractivity contribution in [3.8, 4) is 0 Å². The summed E-state index contributed by atoms with van der Waals surface area (Å²) in [7, 11) is 0. The van der Waals surface area contributed by atoms with Gasteiger partial charge >= 0.3 is 0 Å². The van der Waals surface area contributed by atoms with Crippen molar-refractivity contribution in [2.75, 3.05) is 13.1 Å². The van der Waals surface area contributed by atoms with Gasteiger partial charge in [0.05, 0.1) is 18.8 Å². The predicted octanol–water partition coefficient (Wildman–Crippen LogP) is 1.46. The highest BCUT2D eigenvalue weighted by Crippen LogP contribution is 2.20. The Bertz CT molecular complexity index is 714. The normalized spacial score (nSPS) is 16.3. The van der Waals surface area contributed by atoms with E-state index in [0.29, 0.717) is 12.5 Å². The van der Waals surface area contributed by atoms with Crippen LogP contribution in [0.3, 0.4) is 0 Å². The lowest BCUT2D eigenvalue weighted by molar-refractivity contribution is 0.0737. The molecule has 0 spiro atoms. The topological polar surface area (TPSA) is 63.9 Å². The number of hydrogen-bond acceptors (Lipinski definition) is 5.